The third kappa shape index (κ3) is 13.5. The van der Waals surface area contributed by atoms with Gasteiger partial charge in [-0.05, 0) is 30.5 Å². The number of hydrogen-bond donors (Lipinski definition) is 9. The van der Waals surface area contributed by atoms with Crippen LogP contribution in [0.5, 0.6) is 0 Å². The predicted octanol–water partition coefficient (Wildman–Crippen LogP) is 5.88. The quantitative estimate of drug-likeness (QED) is 0.0651. The van der Waals surface area contributed by atoms with E-state index in [1.54, 1.807) is 65.5 Å². The third-order valence-corrected chi connectivity index (χ3v) is 18.2. The van der Waals surface area contributed by atoms with Gasteiger partial charge in [0.1, 0.15) is 82.0 Å². The van der Waals surface area contributed by atoms with Crippen LogP contribution in [-0.2, 0) is 25.7 Å². The first-order valence-electron chi connectivity index (χ1n) is 25.0. The van der Waals surface area contributed by atoms with Crippen LogP contribution in [-0.4, -0.2) is 125 Å². The summed E-state index contributed by atoms with van der Waals surface area (Å²) in [5.74, 6) is -5.24. The maximum absolute atomic E-state index is 14.3. The van der Waals surface area contributed by atoms with Crippen molar-refractivity contribution in [3.63, 3.8) is 0 Å². The molecule has 1 aliphatic heterocycles. The van der Waals surface area contributed by atoms with Crippen molar-refractivity contribution in [2.75, 3.05) is 27.2 Å². The summed E-state index contributed by atoms with van der Waals surface area (Å²) in [6.45, 7) is 4.78. The summed E-state index contributed by atoms with van der Waals surface area (Å²) >= 11 is 6.94. The largest absolute Gasteiger partial charge is 0.479 e. The second-order valence-corrected chi connectivity index (χ2v) is 24.4. The van der Waals surface area contributed by atoms with Crippen molar-refractivity contribution in [3.8, 4) is 43.4 Å². The van der Waals surface area contributed by atoms with Crippen LogP contribution < -0.4 is 31.9 Å². The molecule has 5 atom stereocenters. The molecule has 0 fully saturated rings. The topological polar surface area (TPSA) is 352 Å². The number of aryl methyl sites for hydroxylation is 1. The van der Waals surface area contributed by atoms with Crippen LogP contribution in [0.3, 0.4) is 0 Å². The minimum atomic E-state index is -1.65. The van der Waals surface area contributed by atoms with Crippen LogP contribution in [0.4, 0.5) is 0 Å². The number of carboxylic acid groups (broad SMARTS) is 1. The first-order valence-corrected chi connectivity index (χ1v) is 30.2. The highest BCUT2D eigenvalue weighted by molar-refractivity contribution is 7.15. The second kappa shape index (κ2) is 26.1. The van der Waals surface area contributed by atoms with Crippen molar-refractivity contribution < 1.29 is 53.6 Å². The molecule has 10 bridgehead atoms. The number of carbonyl (C=O) groups is 7. The van der Waals surface area contributed by atoms with E-state index in [-0.39, 0.29) is 59.7 Å². The molecular formula is C52H51N13O11S6. The number of benzene rings is 1. The fraction of sp³-hybridized carbons (Fsp3) is 0.308. The molecule has 7 aromatic heterocycles. The molecule has 0 radical (unpaired) electrons. The lowest BCUT2D eigenvalue weighted by molar-refractivity contribution is -0.146. The fourth-order valence-corrected chi connectivity index (χ4v) is 13.8. The number of hydrogen-bond acceptors (Lipinski definition) is 23. The van der Waals surface area contributed by atoms with Crippen molar-refractivity contribution in [1.29, 1.82) is 0 Å². The van der Waals surface area contributed by atoms with Crippen molar-refractivity contribution >= 4 is 109 Å². The molecule has 8 heterocycles. The maximum atomic E-state index is 14.3. The Morgan fingerprint density at radius 2 is 1.41 bits per heavy atom. The van der Waals surface area contributed by atoms with E-state index < -0.39 is 78.3 Å². The van der Waals surface area contributed by atoms with Gasteiger partial charge in [-0.1, -0.05) is 44.2 Å². The SMILES string of the molecule is CNC(=O)CC1NC(=O)c2csc(n2)-c2ccc(-c3nc(C(=O)NCC[C@@H](O)C(=O)O)cs3)nc2-c2csc(n2)-c2csc(n2)C(C(O)c2ccccc2)NC(=O)CNC(=O)c2nc(sc2COC)C(C(C)C)NC(=O)c2nc1sc2C. The van der Waals surface area contributed by atoms with E-state index in [9.17, 15) is 43.8 Å². The molecule has 9 rings (SSSR count). The lowest BCUT2D eigenvalue weighted by atomic mass is 10.0. The Labute approximate surface area is 491 Å². The lowest BCUT2D eigenvalue weighted by Gasteiger charge is -2.23. The van der Waals surface area contributed by atoms with Crippen molar-refractivity contribution in [3.05, 3.63) is 117 Å². The molecule has 9 N–H and O–H groups in total. The van der Waals surface area contributed by atoms with Gasteiger partial charge in [-0.2, -0.15) is 0 Å². The van der Waals surface area contributed by atoms with E-state index in [2.05, 4.69) is 46.9 Å². The number of rotatable bonds is 13. The number of nitrogens with one attached hydrogen (secondary N) is 6. The fourth-order valence-electron chi connectivity index (χ4n) is 8.22. The molecule has 0 saturated carbocycles. The number of pyridine rings is 1. The summed E-state index contributed by atoms with van der Waals surface area (Å²) in [5.41, 5.74) is 2.40. The number of methoxy groups -OCH3 is 1. The molecule has 82 heavy (non-hydrogen) atoms. The van der Waals surface area contributed by atoms with E-state index in [1.807, 2.05) is 13.8 Å². The number of amides is 6. The zero-order valence-electron chi connectivity index (χ0n) is 44.0. The Bertz CT molecular complexity index is 3680. The highest BCUT2D eigenvalue weighted by atomic mass is 32.1. The smallest absolute Gasteiger partial charge is 0.332 e. The number of nitrogens with zero attached hydrogens (tertiary/aromatic N) is 7. The van der Waals surface area contributed by atoms with Crippen LogP contribution >= 0.6 is 68.0 Å². The molecule has 0 spiro atoms. The highest BCUT2D eigenvalue weighted by Crippen LogP contribution is 2.40. The monoisotopic (exact) mass is 1230 g/mol. The lowest BCUT2D eigenvalue weighted by Crippen LogP contribution is -2.40. The predicted molar refractivity (Wildman–Crippen MR) is 307 cm³/mol. The number of ether oxygens (including phenoxy) is 1. The summed E-state index contributed by atoms with van der Waals surface area (Å²) in [5, 5.41) is 55.8. The average Bonchev–Trinajstić information content (AvgIpc) is 4.52. The van der Waals surface area contributed by atoms with E-state index in [1.165, 1.54) is 42.2 Å². The van der Waals surface area contributed by atoms with Gasteiger partial charge in [0.25, 0.3) is 23.6 Å². The molecule has 4 unspecified atom stereocenters. The number of aromatic nitrogens is 7. The van der Waals surface area contributed by atoms with Gasteiger partial charge in [-0.3, -0.25) is 28.8 Å². The maximum Gasteiger partial charge on any atom is 0.332 e. The molecule has 1 aliphatic rings. The molecule has 30 heteroatoms. The zero-order valence-corrected chi connectivity index (χ0v) is 48.9. The number of aliphatic hydroxyl groups is 2. The van der Waals surface area contributed by atoms with Gasteiger partial charge in [0.05, 0.1) is 42.2 Å². The van der Waals surface area contributed by atoms with E-state index >= 15 is 0 Å². The second-order valence-electron chi connectivity index (χ2n) is 18.6. The van der Waals surface area contributed by atoms with Gasteiger partial charge in [0.2, 0.25) is 11.8 Å². The van der Waals surface area contributed by atoms with Crippen molar-refractivity contribution in [2.45, 2.75) is 70.6 Å². The molecule has 8 aromatic rings. The Morgan fingerprint density at radius 3 is 2.16 bits per heavy atom. The summed E-state index contributed by atoms with van der Waals surface area (Å²) in [4.78, 5) is 128. The van der Waals surface area contributed by atoms with Crippen molar-refractivity contribution in [2.24, 2.45) is 5.92 Å². The molecule has 6 amide bonds. The average molecular weight is 1230 g/mol. The van der Waals surface area contributed by atoms with E-state index in [4.69, 9.17) is 29.8 Å². The number of carbonyl (C=O) groups excluding carboxylic acids is 6. The van der Waals surface area contributed by atoms with Crippen molar-refractivity contribution in [1.82, 2.24) is 66.8 Å². The van der Waals surface area contributed by atoms with Crippen LogP contribution in [0.15, 0.2) is 64.0 Å². The number of aliphatic hydroxyl groups excluding tert-OH is 2. The van der Waals surface area contributed by atoms with E-state index in [0.29, 0.717) is 68.7 Å². The molecule has 0 aliphatic carbocycles. The van der Waals surface area contributed by atoms with E-state index in [0.717, 1.165) is 45.3 Å². The normalized spacial score (nSPS) is 16.8. The van der Waals surface area contributed by atoms with Gasteiger partial charge in [-0.25, -0.2) is 39.7 Å². The standard InChI is InChI=1S/C52H51N13O11S6/c1-22(2)36-51-65-39(33(82-51)17-76-5)44(72)55-16-35(68)62-40(41(69)24-9-7-6-8-10-24)50-61-31(21-80-50)48-58-28(18-78-48)38-25(11-12-26(56-38)47-60-29(19-79-47)42(70)54-14-13-32(66)52(74)75)46-59-30(20-77-46)43(71)57-27(15-34(67)53-4)49-64-37(23(3)81-49)45(73)63-36/h6-12,18-22,27,32,36,40-41,66,69H,13-17H2,1-5H3,(H,53,67)(H,54,70)(H,55,72)(H,57,71)(H,62,68)(H,63,73)(H,74,75)/t27?,32-,36?,40?,41?/m1/s1. The highest BCUT2D eigenvalue weighted by Gasteiger charge is 2.33. The van der Waals surface area contributed by atoms with Gasteiger partial charge < -0.3 is 52.0 Å². The Kier molecular flexibility index (Phi) is 18.7. The van der Waals surface area contributed by atoms with Gasteiger partial charge in [0, 0.05) is 59.1 Å². The first-order chi connectivity index (χ1) is 39.4. The van der Waals surface area contributed by atoms with Gasteiger partial charge >= 0.3 is 5.97 Å². The molecule has 426 valence electrons. The summed E-state index contributed by atoms with van der Waals surface area (Å²) in [7, 11) is 2.92. The molecule has 24 nitrogen and oxygen atoms in total. The molecular weight excluding hydrogens is 1180 g/mol. The summed E-state index contributed by atoms with van der Waals surface area (Å²) in [6, 6.07) is 9.25. The minimum absolute atomic E-state index is 0.00370. The number of thiazole rings is 6. The third-order valence-electron chi connectivity index (χ3n) is 12.5. The summed E-state index contributed by atoms with van der Waals surface area (Å²) < 4.78 is 5.44. The number of fused-ring (bicyclic) bond motifs is 14. The van der Waals surface area contributed by atoms with Gasteiger partial charge in [0.15, 0.2) is 6.10 Å². The van der Waals surface area contributed by atoms with Crippen LogP contribution in [0.25, 0.3) is 43.4 Å². The van der Waals surface area contributed by atoms with Crippen LogP contribution in [0.2, 0.25) is 0 Å². The Morgan fingerprint density at radius 1 is 0.707 bits per heavy atom. The zero-order chi connectivity index (χ0) is 58.4. The van der Waals surface area contributed by atoms with Crippen LogP contribution in [0, 0.1) is 12.8 Å². The molecule has 0 saturated heterocycles. The Hall–Kier alpha value is -7.68. The number of carboxylic acids is 1. The molecule has 1 aromatic carbocycles. The summed E-state index contributed by atoms with van der Waals surface area (Å²) in [6.07, 6.45) is -3.40. The van der Waals surface area contributed by atoms with Gasteiger partial charge in [-0.15, -0.1) is 68.0 Å². The minimum Gasteiger partial charge on any atom is -0.479 e. The first kappa shape index (κ1) is 59.0. The Balaban J connectivity index is 1.12. The van der Waals surface area contributed by atoms with Crippen LogP contribution in [0.1, 0.15) is 123 Å². The number of aliphatic carboxylic acids is 1.